The summed E-state index contributed by atoms with van der Waals surface area (Å²) in [6.07, 6.45) is 0.885. The van der Waals surface area contributed by atoms with Gasteiger partial charge >= 0.3 is 0 Å². The van der Waals surface area contributed by atoms with Gasteiger partial charge in [-0.25, -0.2) is 0 Å². The molecule has 1 aromatic rings. The molecule has 0 saturated heterocycles. The fourth-order valence-corrected chi connectivity index (χ4v) is 1.46. The molecular formula is C13H18N2O2. The summed E-state index contributed by atoms with van der Waals surface area (Å²) in [7, 11) is 1.66. The number of amides is 2. The molecule has 0 fully saturated rings. The van der Waals surface area contributed by atoms with Crippen molar-refractivity contribution in [2.45, 2.75) is 20.3 Å². The summed E-state index contributed by atoms with van der Waals surface area (Å²) in [5.41, 5.74) is 1.16. The topological polar surface area (TPSA) is 49.4 Å². The van der Waals surface area contributed by atoms with E-state index in [0.29, 0.717) is 17.8 Å². The van der Waals surface area contributed by atoms with Crippen molar-refractivity contribution >= 4 is 17.5 Å². The third-order valence-corrected chi connectivity index (χ3v) is 2.52. The summed E-state index contributed by atoms with van der Waals surface area (Å²) < 4.78 is 0. The van der Waals surface area contributed by atoms with E-state index in [0.717, 1.165) is 6.42 Å². The number of anilines is 1. The number of nitrogens with zero attached hydrogens (tertiary/aromatic N) is 1. The second-order valence-electron chi connectivity index (χ2n) is 3.85. The summed E-state index contributed by atoms with van der Waals surface area (Å²) in [6, 6.07) is 7.09. The molecule has 1 rings (SSSR count). The third kappa shape index (κ3) is 3.31. The van der Waals surface area contributed by atoms with Crippen molar-refractivity contribution in [1.82, 2.24) is 5.32 Å². The van der Waals surface area contributed by atoms with E-state index in [1.54, 1.807) is 25.2 Å². The number of para-hydroxylation sites is 1. The lowest BCUT2D eigenvalue weighted by Crippen LogP contribution is -2.29. The summed E-state index contributed by atoms with van der Waals surface area (Å²) in [6.45, 7) is 4.10. The van der Waals surface area contributed by atoms with Crippen molar-refractivity contribution in [3.63, 3.8) is 0 Å². The van der Waals surface area contributed by atoms with Crippen LogP contribution >= 0.6 is 0 Å². The molecule has 0 radical (unpaired) electrons. The average molecular weight is 234 g/mol. The molecule has 0 aliphatic rings. The van der Waals surface area contributed by atoms with E-state index >= 15 is 0 Å². The lowest BCUT2D eigenvalue weighted by Gasteiger charge is -2.18. The second-order valence-corrected chi connectivity index (χ2v) is 3.85. The molecule has 0 spiro atoms. The predicted octanol–water partition coefficient (Wildman–Crippen LogP) is 1.81. The summed E-state index contributed by atoms with van der Waals surface area (Å²) in [5.74, 6) is -0.240. The fraction of sp³-hybridized carbons (Fsp3) is 0.385. The Morgan fingerprint density at radius 3 is 2.53 bits per heavy atom. The van der Waals surface area contributed by atoms with E-state index in [-0.39, 0.29) is 11.8 Å². The number of carbonyl (C=O) groups is 2. The third-order valence-electron chi connectivity index (χ3n) is 2.52. The molecule has 0 bridgehead atoms. The molecular weight excluding hydrogens is 216 g/mol. The molecule has 4 nitrogen and oxygen atoms in total. The van der Waals surface area contributed by atoms with Crippen LogP contribution < -0.4 is 10.2 Å². The van der Waals surface area contributed by atoms with Crippen molar-refractivity contribution in [2.24, 2.45) is 0 Å². The van der Waals surface area contributed by atoms with Gasteiger partial charge in [-0.05, 0) is 18.6 Å². The lowest BCUT2D eigenvalue weighted by molar-refractivity contribution is -0.116. The standard InChI is InChI=1S/C13H18N2O2/c1-4-9-14-13(17)11-7-5-6-8-12(11)15(3)10(2)16/h5-8H,4,9H2,1-3H3,(H,14,17). The Morgan fingerprint density at radius 1 is 1.29 bits per heavy atom. The van der Waals surface area contributed by atoms with E-state index in [2.05, 4.69) is 5.32 Å². The quantitative estimate of drug-likeness (QED) is 0.863. The van der Waals surface area contributed by atoms with Crippen LogP contribution in [0.4, 0.5) is 5.69 Å². The van der Waals surface area contributed by atoms with Gasteiger partial charge in [-0.2, -0.15) is 0 Å². The van der Waals surface area contributed by atoms with Crippen LogP contribution in [0.3, 0.4) is 0 Å². The van der Waals surface area contributed by atoms with Crippen molar-refractivity contribution in [3.05, 3.63) is 29.8 Å². The molecule has 0 aliphatic carbocycles. The van der Waals surface area contributed by atoms with Gasteiger partial charge in [-0.15, -0.1) is 0 Å². The van der Waals surface area contributed by atoms with Gasteiger partial charge in [0.15, 0.2) is 0 Å². The summed E-state index contributed by atoms with van der Waals surface area (Å²) >= 11 is 0. The first kappa shape index (κ1) is 13.2. The molecule has 0 aliphatic heterocycles. The molecule has 1 N–H and O–H groups in total. The van der Waals surface area contributed by atoms with Crippen LogP contribution in [0.25, 0.3) is 0 Å². The molecule has 92 valence electrons. The molecule has 0 aromatic heterocycles. The monoisotopic (exact) mass is 234 g/mol. The maximum atomic E-state index is 11.9. The Labute approximate surface area is 102 Å². The fourth-order valence-electron chi connectivity index (χ4n) is 1.46. The van der Waals surface area contributed by atoms with Crippen molar-refractivity contribution in [3.8, 4) is 0 Å². The molecule has 0 unspecified atom stereocenters. The van der Waals surface area contributed by atoms with Gasteiger partial charge in [0, 0.05) is 20.5 Å². The van der Waals surface area contributed by atoms with Gasteiger partial charge in [0.1, 0.15) is 0 Å². The van der Waals surface area contributed by atoms with Gasteiger partial charge in [0.2, 0.25) is 5.91 Å². The zero-order chi connectivity index (χ0) is 12.8. The molecule has 0 heterocycles. The number of hydrogen-bond donors (Lipinski definition) is 1. The Hall–Kier alpha value is -1.84. The zero-order valence-corrected chi connectivity index (χ0v) is 10.5. The van der Waals surface area contributed by atoms with Crippen LogP contribution in [0.5, 0.6) is 0 Å². The number of nitrogens with one attached hydrogen (secondary N) is 1. The van der Waals surface area contributed by atoms with Crippen LogP contribution in [0, 0.1) is 0 Å². The van der Waals surface area contributed by atoms with Crippen molar-refractivity contribution < 1.29 is 9.59 Å². The van der Waals surface area contributed by atoms with Crippen LogP contribution in [-0.4, -0.2) is 25.4 Å². The van der Waals surface area contributed by atoms with Crippen molar-refractivity contribution in [2.75, 3.05) is 18.5 Å². The maximum Gasteiger partial charge on any atom is 0.253 e. The highest BCUT2D eigenvalue weighted by Gasteiger charge is 2.15. The van der Waals surface area contributed by atoms with Gasteiger partial charge in [0.25, 0.3) is 5.91 Å². The first-order chi connectivity index (χ1) is 8.07. The Morgan fingerprint density at radius 2 is 1.94 bits per heavy atom. The summed E-state index contributed by atoms with van der Waals surface area (Å²) in [5, 5.41) is 2.81. The van der Waals surface area contributed by atoms with E-state index < -0.39 is 0 Å². The van der Waals surface area contributed by atoms with E-state index in [1.165, 1.54) is 11.8 Å². The first-order valence-corrected chi connectivity index (χ1v) is 5.69. The summed E-state index contributed by atoms with van der Waals surface area (Å²) in [4.78, 5) is 24.7. The van der Waals surface area contributed by atoms with Gasteiger partial charge in [0.05, 0.1) is 11.3 Å². The maximum absolute atomic E-state index is 11.9. The highest BCUT2D eigenvalue weighted by Crippen LogP contribution is 2.19. The van der Waals surface area contributed by atoms with Crippen molar-refractivity contribution in [1.29, 1.82) is 0 Å². The SMILES string of the molecule is CCCNC(=O)c1ccccc1N(C)C(C)=O. The highest BCUT2D eigenvalue weighted by molar-refractivity contribution is 6.04. The normalized spacial score (nSPS) is 9.82. The lowest BCUT2D eigenvalue weighted by atomic mass is 10.1. The first-order valence-electron chi connectivity index (χ1n) is 5.69. The van der Waals surface area contributed by atoms with Gasteiger partial charge in [-0.3, -0.25) is 9.59 Å². The minimum absolute atomic E-state index is 0.0965. The van der Waals surface area contributed by atoms with Crippen LogP contribution in [0.1, 0.15) is 30.6 Å². The largest absolute Gasteiger partial charge is 0.352 e. The number of hydrogen-bond acceptors (Lipinski definition) is 2. The minimum Gasteiger partial charge on any atom is -0.352 e. The van der Waals surface area contributed by atoms with Crippen LogP contribution in [0.2, 0.25) is 0 Å². The number of carbonyl (C=O) groups excluding carboxylic acids is 2. The molecule has 0 atom stereocenters. The molecule has 1 aromatic carbocycles. The Kier molecular flexibility index (Phi) is 4.69. The highest BCUT2D eigenvalue weighted by atomic mass is 16.2. The number of rotatable bonds is 4. The Balaban J connectivity index is 2.99. The van der Waals surface area contributed by atoms with E-state index in [4.69, 9.17) is 0 Å². The molecule has 0 saturated carbocycles. The average Bonchev–Trinajstić information content (AvgIpc) is 2.34. The van der Waals surface area contributed by atoms with E-state index in [1.807, 2.05) is 13.0 Å². The predicted molar refractivity (Wildman–Crippen MR) is 68.2 cm³/mol. The molecule has 2 amide bonds. The molecule has 17 heavy (non-hydrogen) atoms. The smallest absolute Gasteiger partial charge is 0.253 e. The van der Waals surface area contributed by atoms with E-state index in [9.17, 15) is 9.59 Å². The zero-order valence-electron chi connectivity index (χ0n) is 10.5. The van der Waals surface area contributed by atoms with Gasteiger partial charge < -0.3 is 10.2 Å². The Bertz CT molecular complexity index is 416. The van der Waals surface area contributed by atoms with Crippen LogP contribution in [-0.2, 0) is 4.79 Å². The second kappa shape index (κ2) is 6.03. The molecule has 4 heteroatoms. The number of benzene rings is 1. The van der Waals surface area contributed by atoms with Gasteiger partial charge in [-0.1, -0.05) is 19.1 Å². The minimum atomic E-state index is -0.143. The van der Waals surface area contributed by atoms with Crippen LogP contribution in [0.15, 0.2) is 24.3 Å².